The van der Waals surface area contributed by atoms with Crippen LogP contribution in [0.15, 0.2) is 24.5 Å². The second-order valence-corrected chi connectivity index (χ2v) is 6.80. The first-order valence-corrected chi connectivity index (χ1v) is 8.46. The number of carbonyl (C=O) groups is 1. The normalized spacial score (nSPS) is 14.3. The summed E-state index contributed by atoms with van der Waals surface area (Å²) in [4.78, 5) is 16.7. The van der Waals surface area contributed by atoms with E-state index < -0.39 is 5.91 Å². The highest BCUT2D eigenvalue weighted by Gasteiger charge is 2.30. The molecule has 1 fully saturated rings. The monoisotopic (exact) mass is 347 g/mol. The average molecular weight is 347 g/mol. The lowest BCUT2D eigenvalue weighted by atomic mass is 9.95. The molecule has 4 aromatic rings. The molecular formula is C18H17N7O. The number of hydrogen-bond acceptors (Lipinski definition) is 5. The summed E-state index contributed by atoms with van der Waals surface area (Å²) in [6, 6.07) is 3.95. The van der Waals surface area contributed by atoms with E-state index in [0.29, 0.717) is 22.8 Å². The number of aryl methyl sites for hydroxylation is 1. The number of fused-ring (bicyclic) bond motifs is 2. The van der Waals surface area contributed by atoms with Gasteiger partial charge in [0, 0.05) is 23.1 Å². The van der Waals surface area contributed by atoms with Crippen LogP contribution in [0.25, 0.3) is 27.7 Å². The quantitative estimate of drug-likeness (QED) is 0.523. The molecule has 0 spiro atoms. The minimum absolute atomic E-state index is 0.210. The first kappa shape index (κ1) is 14.9. The molecule has 0 bridgehead atoms. The lowest BCUT2D eigenvalue weighted by Crippen LogP contribution is -2.16. The van der Waals surface area contributed by atoms with Crippen molar-refractivity contribution in [1.82, 2.24) is 24.8 Å². The van der Waals surface area contributed by atoms with Crippen molar-refractivity contribution in [3.05, 3.63) is 41.5 Å². The van der Waals surface area contributed by atoms with Crippen LogP contribution in [0.1, 0.15) is 40.5 Å². The number of nitrogens with two attached hydrogens (primary N) is 2. The van der Waals surface area contributed by atoms with Gasteiger partial charge in [-0.25, -0.2) is 9.50 Å². The number of hydrogen-bond donors (Lipinski definition) is 3. The minimum atomic E-state index is -0.610. The Morgan fingerprint density at radius 3 is 2.88 bits per heavy atom. The molecule has 130 valence electrons. The summed E-state index contributed by atoms with van der Waals surface area (Å²) in [5.41, 5.74) is 16.5. The van der Waals surface area contributed by atoms with Gasteiger partial charge in [-0.15, -0.1) is 0 Å². The number of pyridine rings is 1. The van der Waals surface area contributed by atoms with Crippen LogP contribution >= 0.6 is 0 Å². The van der Waals surface area contributed by atoms with E-state index in [4.69, 9.17) is 11.5 Å². The van der Waals surface area contributed by atoms with Crippen LogP contribution in [-0.4, -0.2) is 30.7 Å². The Bertz CT molecular complexity index is 1200. The van der Waals surface area contributed by atoms with Crippen molar-refractivity contribution in [1.29, 1.82) is 0 Å². The molecule has 0 atom stereocenters. The molecule has 3 heterocycles. The molecule has 5 N–H and O–H groups in total. The summed E-state index contributed by atoms with van der Waals surface area (Å²) in [7, 11) is 0. The Morgan fingerprint density at radius 2 is 2.15 bits per heavy atom. The molecule has 1 saturated carbocycles. The summed E-state index contributed by atoms with van der Waals surface area (Å²) < 4.78 is 1.62. The maximum absolute atomic E-state index is 12.2. The van der Waals surface area contributed by atoms with E-state index in [1.54, 1.807) is 10.7 Å². The average Bonchev–Trinajstić information content (AvgIpc) is 3.19. The van der Waals surface area contributed by atoms with E-state index in [0.717, 1.165) is 40.7 Å². The number of nitrogens with zero attached hydrogens (tertiary/aromatic N) is 4. The van der Waals surface area contributed by atoms with Crippen LogP contribution in [0.3, 0.4) is 0 Å². The van der Waals surface area contributed by atoms with Crippen molar-refractivity contribution in [2.24, 2.45) is 5.73 Å². The third-order valence-electron chi connectivity index (χ3n) is 4.97. The number of rotatable bonds is 3. The Hall–Kier alpha value is -3.42. The summed E-state index contributed by atoms with van der Waals surface area (Å²) in [6.07, 6.45) is 5.71. The molecule has 8 heteroatoms. The standard InChI is InChI=1S/C18H17N7O/c1-8-2-5-12-10(6-21-23-12)13(8)11-7-25-18(14(15(11)19)16(20)26)22-17(24-25)9-3-4-9/h2,5-7,9H,3-4,19H2,1H3,(H2,20,26)(H,21,23). The summed E-state index contributed by atoms with van der Waals surface area (Å²) >= 11 is 0. The van der Waals surface area contributed by atoms with Gasteiger partial charge >= 0.3 is 0 Å². The van der Waals surface area contributed by atoms with Gasteiger partial charge in [-0.2, -0.15) is 10.2 Å². The second-order valence-electron chi connectivity index (χ2n) is 6.80. The molecule has 1 amide bonds. The van der Waals surface area contributed by atoms with Gasteiger partial charge in [-0.3, -0.25) is 9.89 Å². The molecule has 3 aromatic heterocycles. The molecule has 0 unspecified atom stereocenters. The van der Waals surface area contributed by atoms with Crippen molar-refractivity contribution >= 4 is 28.1 Å². The van der Waals surface area contributed by atoms with E-state index in [-0.39, 0.29) is 5.56 Å². The number of aromatic amines is 1. The van der Waals surface area contributed by atoms with Gasteiger partial charge in [0.1, 0.15) is 5.56 Å². The lowest BCUT2D eigenvalue weighted by Gasteiger charge is -2.13. The largest absolute Gasteiger partial charge is 0.397 e. The highest BCUT2D eigenvalue weighted by Crippen LogP contribution is 2.40. The molecule has 1 aliphatic rings. The molecule has 5 rings (SSSR count). The molecule has 1 aromatic carbocycles. The van der Waals surface area contributed by atoms with Crippen LogP contribution in [0.4, 0.5) is 5.69 Å². The van der Waals surface area contributed by atoms with Gasteiger partial charge in [0.2, 0.25) is 0 Å². The Morgan fingerprint density at radius 1 is 1.35 bits per heavy atom. The van der Waals surface area contributed by atoms with Gasteiger partial charge in [0.15, 0.2) is 11.5 Å². The van der Waals surface area contributed by atoms with Crippen LogP contribution in [0.5, 0.6) is 0 Å². The van der Waals surface area contributed by atoms with Crippen molar-refractivity contribution in [3.63, 3.8) is 0 Å². The summed E-state index contributed by atoms with van der Waals surface area (Å²) in [5, 5.41) is 12.6. The molecule has 0 radical (unpaired) electrons. The maximum atomic E-state index is 12.2. The fourth-order valence-corrected chi connectivity index (χ4v) is 3.49. The van der Waals surface area contributed by atoms with Crippen LogP contribution in [0.2, 0.25) is 0 Å². The van der Waals surface area contributed by atoms with E-state index in [1.807, 2.05) is 25.3 Å². The second kappa shape index (κ2) is 5.04. The molecule has 1 aliphatic carbocycles. The number of benzene rings is 1. The summed E-state index contributed by atoms with van der Waals surface area (Å²) in [6.45, 7) is 1.99. The highest BCUT2D eigenvalue weighted by atomic mass is 16.1. The van der Waals surface area contributed by atoms with Gasteiger partial charge < -0.3 is 11.5 Å². The number of carbonyl (C=O) groups excluding carboxylic acids is 1. The predicted molar refractivity (Wildman–Crippen MR) is 97.7 cm³/mol. The van der Waals surface area contributed by atoms with E-state index in [9.17, 15) is 4.79 Å². The smallest absolute Gasteiger partial charge is 0.254 e. The SMILES string of the molecule is Cc1ccc2[nH]ncc2c1-c1cn2nc(C3CC3)nc2c(C(N)=O)c1N. The zero-order valence-corrected chi connectivity index (χ0v) is 14.2. The number of H-pyrrole nitrogens is 1. The summed E-state index contributed by atoms with van der Waals surface area (Å²) in [5.74, 6) is 0.489. The molecule has 8 nitrogen and oxygen atoms in total. The maximum Gasteiger partial charge on any atom is 0.254 e. The molecular weight excluding hydrogens is 330 g/mol. The topological polar surface area (TPSA) is 128 Å². The third-order valence-corrected chi connectivity index (χ3v) is 4.97. The number of anilines is 1. The Balaban J connectivity index is 1.88. The molecule has 0 saturated heterocycles. The van der Waals surface area contributed by atoms with Crippen molar-refractivity contribution in [2.45, 2.75) is 25.7 Å². The van der Waals surface area contributed by atoms with Gasteiger partial charge in [-0.05, 0) is 37.0 Å². The zero-order chi connectivity index (χ0) is 18.0. The number of nitrogens with one attached hydrogen (secondary N) is 1. The number of primary amides is 1. The van der Waals surface area contributed by atoms with Crippen LogP contribution in [0, 0.1) is 6.92 Å². The van der Waals surface area contributed by atoms with Gasteiger partial charge in [-0.1, -0.05) is 6.07 Å². The molecule has 26 heavy (non-hydrogen) atoms. The van der Waals surface area contributed by atoms with Crippen molar-refractivity contribution in [2.75, 3.05) is 5.73 Å². The van der Waals surface area contributed by atoms with E-state index in [1.165, 1.54) is 0 Å². The van der Waals surface area contributed by atoms with Gasteiger partial charge in [0.05, 0.1) is 17.4 Å². The van der Waals surface area contributed by atoms with Gasteiger partial charge in [0.25, 0.3) is 5.91 Å². The predicted octanol–water partition coefficient (Wildman–Crippen LogP) is 2.14. The van der Waals surface area contributed by atoms with Crippen LogP contribution < -0.4 is 11.5 Å². The number of aromatic nitrogens is 5. The van der Waals surface area contributed by atoms with Crippen molar-refractivity contribution in [3.8, 4) is 11.1 Å². The van der Waals surface area contributed by atoms with E-state index in [2.05, 4.69) is 20.3 Å². The first-order chi connectivity index (χ1) is 12.5. The third kappa shape index (κ3) is 2.01. The lowest BCUT2D eigenvalue weighted by molar-refractivity contribution is 0.100. The molecule has 0 aliphatic heterocycles. The van der Waals surface area contributed by atoms with Crippen LogP contribution in [-0.2, 0) is 0 Å². The minimum Gasteiger partial charge on any atom is -0.397 e. The first-order valence-electron chi connectivity index (χ1n) is 8.46. The van der Waals surface area contributed by atoms with Crippen molar-refractivity contribution < 1.29 is 4.79 Å². The Kier molecular flexibility index (Phi) is 2.89. The zero-order valence-electron chi connectivity index (χ0n) is 14.2. The van der Waals surface area contributed by atoms with E-state index >= 15 is 0 Å². The fourth-order valence-electron chi connectivity index (χ4n) is 3.49. The Labute approximate surface area is 148 Å². The fraction of sp³-hybridized carbons (Fsp3) is 0.222. The highest BCUT2D eigenvalue weighted by molar-refractivity contribution is 6.09. The number of nitrogen functional groups attached to an aromatic ring is 1. The number of amides is 1.